The van der Waals surface area contributed by atoms with Crippen molar-refractivity contribution in [3.05, 3.63) is 88.3 Å². The smallest absolute Gasteiger partial charge is 0.336 e. The fraction of sp³-hybridized carbons (Fsp3) is 0.333. The first kappa shape index (κ1) is 21.9. The van der Waals surface area contributed by atoms with E-state index in [4.69, 9.17) is 9.47 Å². The Bertz CT molecular complexity index is 1080. The van der Waals surface area contributed by atoms with Crippen molar-refractivity contribution in [2.45, 2.75) is 44.9 Å². The molecule has 2 aromatic rings. The van der Waals surface area contributed by atoms with Crippen LogP contribution in [0.25, 0.3) is 0 Å². The van der Waals surface area contributed by atoms with Crippen LogP contribution in [0, 0.1) is 0 Å². The SMILES string of the molecule is CCCOC(=O)C1=C(C)NC2=C(C(=O)CC(c3ccccc3)C2)C1c1cccc(OC)c1. The van der Waals surface area contributed by atoms with Crippen LogP contribution < -0.4 is 10.1 Å². The lowest BCUT2D eigenvalue weighted by Crippen LogP contribution is -2.36. The minimum Gasteiger partial charge on any atom is -0.497 e. The molecule has 5 heteroatoms. The maximum Gasteiger partial charge on any atom is 0.336 e. The molecule has 0 bridgehead atoms. The van der Waals surface area contributed by atoms with Crippen LogP contribution in [0.5, 0.6) is 5.75 Å². The molecule has 0 spiro atoms. The summed E-state index contributed by atoms with van der Waals surface area (Å²) in [5.41, 5.74) is 4.80. The lowest BCUT2D eigenvalue weighted by Gasteiger charge is -2.36. The normalized spacial score (nSPS) is 20.5. The van der Waals surface area contributed by atoms with E-state index >= 15 is 0 Å². The largest absolute Gasteiger partial charge is 0.497 e. The first-order valence-electron chi connectivity index (χ1n) is 11.1. The molecule has 0 saturated carbocycles. The van der Waals surface area contributed by atoms with E-state index in [1.165, 1.54) is 0 Å². The third-order valence-corrected chi connectivity index (χ3v) is 6.18. The van der Waals surface area contributed by atoms with Gasteiger partial charge in [-0.05, 0) is 48.9 Å². The topological polar surface area (TPSA) is 64.6 Å². The van der Waals surface area contributed by atoms with E-state index in [9.17, 15) is 9.59 Å². The number of hydrogen-bond donors (Lipinski definition) is 1. The molecule has 0 radical (unpaired) electrons. The summed E-state index contributed by atoms with van der Waals surface area (Å²) in [4.78, 5) is 26.6. The second-order valence-corrected chi connectivity index (χ2v) is 8.34. The molecule has 1 aliphatic carbocycles. The Hall–Kier alpha value is -3.34. The van der Waals surface area contributed by atoms with E-state index in [1.54, 1.807) is 7.11 Å². The molecule has 1 aliphatic heterocycles. The maximum atomic E-state index is 13.5. The van der Waals surface area contributed by atoms with Crippen LogP contribution in [0.3, 0.4) is 0 Å². The Balaban J connectivity index is 1.79. The predicted octanol–water partition coefficient (Wildman–Crippen LogP) is 5.01. The quantitative estimate of drug-likeness (QED) is 0.652. The average Bonchev–Trinajstić information content (AvgIpc) is 2.82. The van der Waals surface area contributed by atoms with Gasteiger partial charge in [0.05, 0.1) is 19.3 Å². The van der Waals surface area contributed by atoms with Crippen LogP contribution in [-0.2, 0) is 14.3 Å². The van der Waals surface area contributed by atoms with Crippen molar-refractivity contribution in [2.24, 2.45) is 0 Å². The van der Waals surface area contributed by atoms with Crippen LogP contribution in [0.4, 0.5) is 0 Å². The highest BCUT2D eigenvalue weighted by atomic mass is 16.5. The molecule has 0 fully saturated rings. The van der Waals surface area contributed by atoms with Crippen molar-refractivity contribution in [3.63, 3.8) is 0 Å². The van der Waals surface area contributed by atoms with Gasteiger partial charge in [0.25, 0.3) is 0 Å². The van der Waals surface area contributed by atoms with Gasteiger partial charge >= 0.3 is 5.97 Å². The van der Waals surface area contributed by atoms with Crippen LogP contribution in [-0.4, -0.2) is 25.5 Å². The van der Waals surface area contributed by atoms with E-state index in [-0.39, 0.29) is 17.7 Å². The summed E-state index contributed by atoms with van der Waals surface area (Å²) in [5, 5.41) is 3.39. The van der Waals surface area contributed by atoms with Gasteiger partial charge in [0.2, 0.25) is 0 Å². The third kappa shape index (κ3) is 4.20. The van der Waals surface area contributed by atoms with Gasteiger partial charge in [-0.1, -0.05) is 49.4 Å². The molecule has 1 heterocycles. The lowest BCUT2D eigenvalue weighted by molar-refractivity contribution is -0.139. The van der Waals surface area contributed by atoms with Gasteiger partial charge in [0.1, 0.15) is 5.75 Å². The number of dihydropyridines is 1. The monoisotopic (exact) mass is 431 g/mol. The van der Waals surface area contributed by atoms with Gasteiger partial charge in [-0.15, -0.1) is 0 Å². The molecule has 2 unspecified atom stereocenters. The number of carbonyl (C=O) groups excluding carboxylic acids is 2. The van der Waals surface area contributed by atoms with Gasteiger partial charge in [0.15, 0.2) is 5.78 Å². The number of ketones is 1. The van der Waals surface area contributed by atoms with Crippen molar-refractivity contribution in [1.82, 2.24) is 5.32 Å². The second kappa shape index (κ2) is 9.43. The average molecular weight is 432 g/mol. The fourth-order valence-corrected chi connectivity index (χ4v) is 4.70. The Morgan fingerprint density at radius 2 is 1.81 bits per heavy atom. The van der Waals surface area contributed by atoms with E-state index in [2.05, 4.69) is 17.4 Å². The number of rotatable bonds is 6. The number of allylic oxidation sites excluding steroid dienone is 3. The summed E-state index contributed by atoms with van der Waals surface area (Å²) in [7, 11) is 1.61. The minimum absolute atomic E-state index is 0.0636. The zero-order valence-electron chi connectivity index (χ0n) is 18.8. The van der Waals surface area contributed by atoms with Crippen molar-refractivity contribution in [2.75, 3.05) is 13.7 Å². The highest BCUT2D eigenvalue weighted by Crippen LogP contribution is 2.46. The molecule has 166 valence electrons. The fourth-order valence-electron chi connectivity index (χ4n) is 4.70. The van der Waals surface area contributed by atoms with E-state index in [0.29, 0.717) is 29.9 Å². The standard InChI is InChI=1S/C27H29NO4/c1-4-13-32-27(30)24-17(2)28-22-15-20(18-9-6-5-7-10-18)16-23(29)26(22)25(24)19-11-8-12-21(14-19)31-3/h5-12,14,20,25,28H,4,13,15-16H2,1-3H3. The van der Waals surface area contributed by atoms with Gasteiger partial charge in [-0.25, -0.2) is 4.79 Å². The molecule has 0 amide bonds. The summed E-state index contributed by atoms with van der Waals surface area (Å²) < 4.78 is 10.9. The molecule has 2 atom stereocenters. The van der Waals surface area contributed by atoms with E-state index in [0.717, 1.165) is 35.4 Å². The molecule has 2 aliphatic rings. The molecule has 5 nitrogen and oxygen atoms in total. The minimum atomic E-state index is -0.477. The number of carbonyl (C=O) groups is 2. The summed E-state index contributed by atoms with van der Waals surface area (Å²) in [6, 6.07) is 17.7. The first-order chi connectivity index (χ1) is 15.5. The lowest BCUT2D eigenvalue weighted by atomic mass is 9.71. The summed E-state index contributed by atoms with van der Waals surface area (Å²) in [5.74, 6) is 0.00711. The number of benzene rings is 2. The maximum absolute atomic E-state index is 13.5. The molecule has 0 aromatic heterocycles. The number of esters is 1. The number of Topliss-reactive ketones (excluding diaryl/α,β-unsaturated/α-hetero) is 1. The van der Waals surface area contributed by atoms with E-state index < -0.39 is 5.92 Å². The number of nitrogens with one attached hydrogen (secondary N) is 1. The highest BCUT2D eigenvalue weighted by Gasteiger charge is 2.41. The molecule has 0 saturated heterocycles. The van der Waals surface area contributed by atoms with Crippen molar-refractivity contribution < 1.29 is 19.1 Å². The van der Waals surface area contributed by atoms with Crippen molar-refractivity contribution in [1.29, 1.82) is 0 Å². The molecule has 32 heavy (non-hydrogen) atoms. The number of methoxy groups -OCH3 is 1. The Morgan fingerprint density at radius 3 is 2.53 bits per heavy atom. The Kier molecular flexibility index (Phi) is 6.45. The molecule has 4 rings (SSSR count). The summed E-state index contributed by atoms with van der Waals surface area (Å²) in [6.45, 7) is 4.19. The number of hydrogen-bond acceptors (Lipinski definition) is 5. The molecular formula is C27H29NO4. The summed E-state index contributed by atoms with van der Waals surface area (Å²) >= 11 is 0. The van der Waals surface area contributed by atoms with Crippen molar-refractivity contribution in [3.8, 4) is 5.75 Å². The first-order valence-corrected chi connectivity index (χ1v) is 11.1. The van der Waals surface area contributed by atoms with Crippen LogP contribution in [0.2, 0.25) is 0 Å². The van der Waals surface area contributed by atoms with Gasteiger partial charge in [0, 0.05) is 29.3 Å². The van der Waals surface area contributed by atoms with Gasteiger partial charge < -0.3 is 14.8 Å². The third-order valence-electron chi connectivity index (χ3n) is 6.18. The van der Waals surface area contributed by atoms with Gasteiger partial charge in [-0.2, -0.15) is 0 Å². The number of ether oxygens (including phenoxy) is 2. The second-order valence-electron chi connectivity index (χ2n) is 8.34. The van der Waals surface area contributed by atoms with Gasteiger partial charge in [-0.3, -0.25) is 4.79 Å². The van der Waals surface area contributed by atoms with Crippen LogP contribution >= 0.6 is 0 Å². The highest BCUT2D eigenvalue weighted by molar-refractivity contribution is 6.04. The molecular weight excluding hydrogens is 402 g/mol. The van der Waals surface area contributed by atoms with E-state index in [1.807, 2.05) is 56.3 Å². The van der Waals surface area contributed by atoms with Crippen LogP contribution in [0.1, 0.15) is 56.1 Å². The molecule has 2 aromatic carbocycles. The molecule has 1 N–H and O–H groups in total. The van der Waals surface area contributed by atoms with Crippen molar-refractivity contribution >= 4 is 11.8 Å². The summed E-state index contributed by atoms with van der Waals surface area (Å²) in [6.07, 6.45) is 1.88. The Labute approximate surface area is 189 Å². The Morgan fingerprint density at radius 1 is 1.06 bits per heavy atom. The zero-order valence-corrected chi connectivity index (χ0v) is 18.8. The predicted molar refractivity (Wildman–Crippen MR) is 123 cm³/mol. The van der Waals surface area contributed by atoms with Crippen LogP contribution in [0.15, 0.2) is 77.1 Å². The zero-order chi connectivity index (χ0) is 22.7.